The molecule has 0 radical (unpaired) electrons. The van der Waals surface area contributed by atoms with Gasteiger partial charge in [0, 0.05) is 19.5 Å². The van der Waals surface area contributed by atoms with Crippen molar-refractivity contribution in [1.29, 1.82) is 0 Å². The first-order valence-electron chi connectivity index (χ1n) is 5.14. The molecule has 1 heterocycles. The molecule has 0 aromatic carbocycles. The van der Waals surface area contributed by atoms with Crippen LogP contribution in [0.15, 0.2) is 0 Å². The monoisotopic (exact) mass is 198 g/mol. The largest absolute Gasteiger partial charge is 0.354 e. The third kappa shape index (κ3) is 3.36. The standard InChI is InChI=1S/C10H18N2O2/c1-8(2)6-11-9(13)7-12-5-3-4-10(12)14/h8H,3-7H2,1-2H3,(H,11,13). The van der Waals surface area contributed by atoms with E-state index in [9.17, 15) is 9.59 Å². The highest BCUT2D eigenvalue weighted by Crippen LogP contribution is 2.08. The van der Waals surface area contributed by atoms with E-state index in [1.807, 2.05) is 13.8 Å². The lowest BCUT2D eigenvalue weighted by Gasteiger charge is -2.15. The maximum absolute atomic E-state index is 11.3. The summed E-state index contributed by atoms with van der Waals surface area (Å²) in [6, 6.07) is 0. The fourth-order valence-electron chi connectivity index (χ4n) is 1.42. The van der Waals surface area contributed by atoms with E-state index >= 15 is 0 Å². The summed E-state index contributed by atoms with van der Waals surface area (Å²) in [6.07, 6.45) is 1.48. The summed E-state index contributed by atoms with van der Waals surface area (Å²) < 4.78 is 0. The summed E-state index contributed by atoms with van der Waals surface area (Å²) in [5.41, 5.74) is 0. The van der Waals surface area contributed by atoms with E-state index in [0.717, 1.165) is 13.0 Å². The van der Waals surface area contributed by atoms with Gasteiger partial charge >= 0.3 is 0 Å². The highest BCUT2D eigenvalue weighted by atomic mass is 16.2. The van der Waals surface area contributed by atoms with Gasteiger partial charge in [-0.05, 0) is 12.3 Å². The Labute approximate surface area is 84.7 Å². The molecule has 4 nitrogen and oxygen atoms in total. The lowest BCUT2D eigenvalue weighted by Crippen LogP contribution is -2.39. The van der Waals surface area contributed by atoms with Crippen LogP contribution in [0.25, 0.3) is 0 Å². The first-order valence-corrected chi connectivity index (χ1v) is 5.14. The highest BCUT2D eigenvalue weighted by molar-refractivity contribution is 5.85. The van der Waals surface area contributed by atoms with Gasteiger partial charge in [0.2, 0.25) is 11.8 Å². The van der Waals surface area contributed by atoms with E-state index in [-0.39, 0.29) is 18.4 Å². The molecule has 2 amide bonds. The van der Waals surface area contributed by atoms with Crippen molar-refractivity contribution < 1.29 is 9.59 Å². The molecule has 0 aliphatic carbocycles. The van der Waals surface area contributed by atoms with Crippen molar-refractivity contribution in [2.45, 2.75) is 26.7 Å². The number of likely N-dealkylation sites (tertiary alicyclic amines) is 1. The van der Waals surface area contributed by atoms with Gasteiger partial charge in [0.1, 0.15) is 0 Å². The van der Waals surface area contributed by atoms with Crippen molar-refractivity contribution in [3.05, 3.63) is 0 Å². The van der Waals surface area contributed by atoms with Crippen molar-refractivity contribution >= 4 is 11.8 Å². The van der Waals surface area contributed by atoms with Crippen LogP contribution in [-0.2, 0) is 9.59 Å². The summed E-state index contributed by atoms with van der Waals surface area (Å²) in [6.45, 7) is 5.73. The Bertz CT molecular complexity index is 226. The van der Waals surface area contributed by atoms with Gasteiger partial charge in [-0.3, -0.25) is 9.59 Å². The maximum Gasteiger partial charge on any atom is 0.239 e. The van der Waals surface area contributed by atoms with Crippen LogP contribution in [0.1, 0.15) is 26.7 Å². The van der Waals surface area contributed by atoms with E-state index in [4.69, 9.17) is 0 Å². The maximum atomic E-state index is 11.3. The van der Waals surface area contributed by atoms with Crippen LogP contribution in [0.4, 0.5) is 0 Å². The Morgan fingerprint density at radius 1 is 1.57 bits per heavy atom. The quantitative estimate of drug-likeness (QED) is 0.710. The molecular formula is C10H18N2O2. The van der Waals surface area contributed by atoms with E-state index < -0.39 is 0 Å². The van der Waals surface area contributed by atoms with Crippen molar-refractivity contribution in [2.24, 2.45) is 5.92 Å². The second-order valence-electron chi connectivity index (χ2n) is 4.12. The topological polar surface area (TPSA) is 49.4 Å². The van der Waals surface area contributed by atoms with Gasteiger partial charge in [0.25, 0.3) is 0 Å². The number of nitrogens with one attached hydrogen (secondary N) is 1. The summed E-state index contributed by atoms with van der Waals surface area (Å²) in [5, 5.41) is 2.80. The fraction of sp³-hybridized carbons (Fsp3) is 0.800. The molecule has 1 N–H and O–H groups in total. The number of hydrogen-bond acceptors (Lipinski definition) is 2. The molecule has 14 heavy (non-hydrogen) atoms. The molecule has 1 fully saturated rings. The summed E-state index contributed by atoms with van der Waals surface area (Å²) >= 11 is 0. The minimum atomic E-state index is -0.0473. The number of nitrogens with zero attached hydrogens (tertiary/aromatic N) is 1. The Balaban J connectivity index is 2.23. The normalized spacial score (nSPS) is 16.5. The number of carbonyl (C=O) groups is 2. The average Bonchev–Trinajstić information content (AvgIpc) is 2.49. The Morgan fingerprint density at radius 3 is 2.79 bits per heavy atom. The Kier molecular flexibility index (Phi) is 3.92. The predicted molar refractivity (Wildman–Crippen MR) is 53.7 cm³/mol. The van der Waals surface area contributed by atoms with Crippen LogP contribution in [0.3, 0.4) is 0 Å². The van der Waals surface area contributed by atoms with E-state index in [1.165, 1.54) is 0 Å². The van der Waals surface area contributed by atoms with Crippen LogP contribution in [0.5, 0.6) is 0 Å². The molecule has 0 aromatic heterocycles. The Morgan fingerprint density at radius 2 is 2.29 bits per heavy atom. The van der Waals surface area contributed by atoms with Gasteiger partial charge in [0.05, 0.1) is 6.54 Å². The smallest absolute Gasteiger partial charge is 0.239 e. The zero-order valence-electron chi connectivity index (χ0n) is 8.88. The molecule has 80 valence electrons. The van der Waals surface area contributed by atoms with E-state index in [1.54, 1.807) is 4.90 Å². The van der Waals surface area contributed by atoms with Gasteiger partial charge in [0.15, 0.2) is 0 Å². The highest BCUT2D eigenvalue weighted by Gasteiger charge is 2.21. The van der Waals surface area contributed by atoms with Crippen molar-refractivity contribution in [3.8, 4) is 0 Å². The molecule has 0 saturated carbocycles. The first-order chi connectivity index (χ1) is 6.59. The third-order valence-electron chi connectivity index (χ3n) is 2.21. The van der Waals surface area contributed by atoms with E-state index in [0.29, 0.717) is 18.9 Å². The summed E-state index contributed by atoms with van der Waals surface area (Å²) in [4.78, 5) is 24.2. The van der Waals surface area contributed by atoms with E-state index in [2.05, 4.69) is 5.32 Å². The lowest BCUT2D eigenvalue weighted by atomic mass is 10.2. The predicted octanol–water partition coefficient (Wildman–Crippen LogP) is 0.381. The van der Waals surface area contributed by atoms with Crippen LogP contribution in [-0.4, -0.2) is 36.3 Å². The van der Waals surface area contributed by atoms with Crippen LogP contribution in [0.2, 0.25) is 0 Å². The molecule has 1 rings (SSSR count). The minimum Gasteiger partial charge on any atom is -0.354 e. The molecule has 0 aromatic rings. The zero-order valence-corrected chi connectivity index (χ0v) is 8.88. The second-order valence-corrected chi connectivity index (χ2v) is 4.12. The SMILES string of the molecule is CC(C)CNC(=O)CN1CCCC1=O. The third-order valence-corrected chi connectivity index (χ3v) is 2.21. The summed E-state index contributed by atoms with van der Waals surface area (Å²) in [7, 11) is 0. The molecule has 1 saturated heterocycles. The molecule has 0 unspecified atom stereocenters. The van der Waals surface area contributed by atoms with Crippen LogP contribution >= 0.6 is 0 Å². The molecule has 0 spiro atoms. The number of amides is 2. The molecule has 1 aliphatic heterocycles. The van der Waals surface area contributed by atoms with Gasteiger partial charge in [-0.15, -0.1) is 0 Å². The average molecular weight is 198 g/mol. The lowest BCUT2D eigenvalue weighted by molar-refractivity contribution is -0.133. The molecule has 1 aliphatic rings. The minimum absolute atomic E-state index is 0.0473. The summed E-state index contributed by atoms with van der Waals surface area (Å²) in [5.74, 6) is 0.506. The van der Waals surface area contributed by atoms with Crippen LogP contribution < -0.4 is 5.32 Å². The Hall–Kier alpha value is -1.06. The van der Waals surface area contributed by atoms with Crippen molar-refractivity contribution in [1.82, 2.24) is 10.2 Å². The van der Waals surface area contributed by atoms with Crippen LogP contribution in [0, 0.1) is 5.92 Å². The van der Waals surface area contributed by atoms with Gasteiger partial charge < -0.3 is 10.2 Å². The second kappa shape index (κ2) is 4.98. The molecule has 4 heteroatoms. The molecule has 0 bridgehead atoms. The first kappa shape index (κ1) is 11.0. The fourth-order valence-corrected chi connectivity index (χ4v) is 1.42. The molecular weight excluding hydrogens is 180 g/mol. The number of hydrogen-bond donors (Lipinski definition) is 1. The van der Waals surface area contributed by atoms with Gasteiger partial charge in [-0.25, -0.2) is 0 Å². The van der Waals surface area contributed by atoms with Gasteiger partial charge in [-0.2, -0.15) is 0 Å². The number of rotatable bonds is 4. The van der Waals surface area contributed by atoms with Gasteiger partial charge in [-0.1, -0.05) is 13.8 Å². The zero-order chi connectivity index (χ0) is 10.6. The van der Waals surface area contributed by atoms with Crippen molar-refractivity contribution in [2.75, 3.05) is 19.6 Å². The molecule has 0 atom stereocenters. The number of carbonyl (C=O) groups excluding carboxylic acids is 2. The van der Waals surface area contributed by atoms with Crippen molar-refractivity contribution in [3.63, 3.8) is 0 Å².